The highest BCUT2D eigenvalue weighted by molar-refractivity contribution is 7.55. The number of hydrogen-bond acceptors (Lipinski definition) is 4. The van der Waals surface area contributed by atoms with Gasteiger partial charge < -0.3 is 24.2 Å². The smallest absolute Gasteiger partial charge is 0.389 e. The maximum atomic E-state index is 10.5. The SMILES string of the molecule is CCC([Si](O)(O)O)P(=O)(O)O. The largest absolute Gasteiger partial charge is 0.508 e. The van der Waals surface area contributed by atoms with Crippen LogP contribution in [-0.2, 0) is 4.57 Å². The molecule has 0 aliphatic heterocycles. The fraction of sp³-hybridized carbons (Fsp3) is 1.00. The summed E-state index contributed by atoms with van der Waals surface area (Å²) in [5.41, 5.74) is 0. The van der Waals surface area contributed by atoms with E-state index in [-0.39, 0.29) is 6.42 Å². The molecule has 1 atom stereocenters. The first-order valence-corrected chi connectivity index (χ1v) is 6.52. The van der Waals surface area contributed by atoms with Gasteiger partial charge in [-0.15, -0.1) is 0 Å². The maximum Gasteiger partial charge on any atom is 0.508 e. The van der Waals surface area contributed by atoms with E-state index in [1.807, 2.05) is 0 Å². The molecule has 0 spiro atoms. The van der Waals surface area contributed by atoms with Gasteiger partial charge in [-0.2, -0.15) is 0 Å². The second kappa shape index (κ2) is 3.32. The molecule has 68 valence electrons. The Morgan fingerprint density at radius 2 is 1.73 bits per heavy atom. The molecule has 0 rings (SSSR count). The molecule has 0 amide bonds. The van der Waals surface area contributed by atoms with Gasteiger partial charge in [-0.05, 0) is 6.42 Å². The van der Waals surface area contributed by atoms with Crippen molar-refractivity contribution in [1.82, 2.24) is 0 Å². The van der Waals surface area contributed by atoms with Crippen molar-refractivity contribution in [1.29, 1.82) is 0 Å². The minimum absolute atomic E-state index is 0.167. The van der Waals surface area contributed by atoms with Gasteiger partial charge in [-0.3, -0.25) is 4.57 Å². The maximum absolute atomic E-state index is 10.5. The lowest BCUT2D eigenvalue weighted by Crippen LogP contribution is -2.48. The fourth-order valence-electron chi connectivity index (χ4n) is 0.737. The van der Waals surface area contributed by atoms with E-state index in [2.05, 4.69) is 0 Å². The Hall–Kier alpha value is 0.247. The number of hydrogen-bond donors (Lipinski definition) is 5. The molecule has 0 aliphatic carbocycles. The highest BCUT2D eigenvalue weighted by Crippen LogP contribution is 2.45. The predicted molar refractivity (Wildman–Crippen MR) is 38.5 cm³/mol. The van der Waals surface area contributed by atoms with Crippen LogP contribution in [0.15, 0.2) is 0 Å². The van der Waals surface area contributed by atoms with E-state index < -0.39 is 21.7 Å². The van der Waals surface area contributed by atoms with Gasteiger partial charge in [0.2, 0.25) is 0 Å². The first kappa shape index (κ1) is 11.2. The van der Waals surface area contributed by atoms with Crippen LogP contribution in [0.4, 0.5) is 0 Å². The Kier molecular flexibility index (Phi) is 3.39. The molecule has 0 bridgehead atoms. The molecule has 0 aromatic carbocycles. The van der Waals surface area contributed by atoms with Crippen LogP contribution in [-0.4, -0.2) is 38.3 Å². The molecule has 0 aromatic rings. The first-order chi connectivity index (χ1) is 4.69. The standard InChI is InChI=1S/C3H11O6PSi/c1-2-3(10(4,5)6)11(7,8)9/h3,7-9H,2H2,1H3,(H2,4,5,6). The van der Waals surface area contributed by atoms with Crippen molar-refractivity contribution in [3.8, 4) is 0 Å². The zero-order chi connectivity index (χ0) is 9.28. The Morgan fingerprint density at radius 3 is 1.73 bits per heavy atom. The van der Waals surface area contributed by atoms with Crippen molar-refractivity contribution in [2.24, 2.45) is 0 Å². The zero-order valence-electron chi connectivity index (χ0n) is 5.88. The lowest BCUT2D eigenvalue weighted by molar-refractivity contribution is 0.215. The van der Waals surface area contributed by atoms with E-state index in [4.69, 9.17) is 24.2 Å². The highest BCUT2D eigenvalue weighted by atomic mass is 31.2. The van der Waals surface area contributed by atoms with Crippen molar-refractivity contribution in [3.05, 3.63) is 0 Å². The van der Waals surface area contributed by atoms with Gasteiger partial charge in [0.15, 0.2) is 0 Å². The monoisotopic (exact) mass is 202 g/mol. The molecule has 1 unspecified atom stereocenters. The summed E-state index contributed by atoms with van der Waals surface area (Å²) < 4.78 is 10.5. The molecular formula is C3H11O6PSi. The van der Waals surface area contributed by atoms with Gasteiger partial charge in [0.25, 0.3) is 0 Å². The summed E-state index contributed by atoms with van der Waals surface area (Å²) >= 11 is 0. The molecule has 0 fully saturated rings. The van der Waals surface area contributed by atoms with Crippen LogP contribution in [0.25, 0.3) is 0 Å². The molecule has 5 N–H and O–H groups in total. The van der Waals surface area contributed by atoms with E-state index in [9.17, 15) is 4.57 Å². The summed E-state index contributed by atoms with van der Waals surface area (Å²) in [5, 5.41) is -1.71. The van der Waals surface area contributed by atoms with Gasteiger partial charge in [-0.25, -0.2) is 0 Å². The zero-order valence-corrected chi connectivity index (χ0v) is 7.77. The van der Waals surface area contributed by atoms with Crippen molar-refractivity contribution in [2.45, 2.75) is 18.6 Å². The summed E-state index contributed by atoms with van der Waals surface area (Å²) in [4.78, 5) is 42.7. The summed E-state index contributed by atoms with van der Waals surface area (Å²) in [6.07, 6.45) is -0.167. The minimum atomic E-state index is -4.69. The molecular weight excluding hydrogens is 191 g/mol. The average Bonchev–Trinajstić information content (AvgIpc) is 1.56. The molecule has 8 heteroatoms. The third-order valence-electron chi connectivity index (χ3n) is 1.24. The van der Waals surface area contributed by atoms with Crippen molar-refractivity contribution < 1.29 is 28.7 Å². The summed E-state index contributed by atoms with van der Waals surface area (Å²) in [5.74, 6) is 0. The van der Waals surface area contributed by atoms with Crippen LogP contribution in [0.3, 0.4) is 0 Å². The van der Waals surface area contributed by atoms with Gasteiger partial charge in [-0.1, -0.05) is 6.92 Å². The minimum Gasteiger partial charge on any atom is -0.389 e. The second-order valence-electron chi connectivity index (χ2n) is 2.20. The van der Waals surface area contributed by atoms with E-state index in [1.165, 1.54) is 6.92 Å². The Balaban J connectivity index is 4.57. The average molecular weight is 202 g/mol. The molecule has 0 radical (unpaired) electrons. The predicted octanol–water partition coefficient (Wildman–Crippen LogP) is -1.60. The topological polar surface area (TPSA) is 118 Å². The lowest BCUT2D eigenvalue weighted by atomic mass is 10.6. The Labute approximate surface area is 64.7 Å². The second-order valence-corrected chi connectivity index (χ2v) is 6.56. The Morgan fingerprint density at radius 1 is 1.36 bits per heavy atom. The lowest BCUT2D eigenvalue weighted by Gasteiger charge is -2.21. The van der Waals surface area contributed by atoms with Gasteiger partial charge in [0.1, 0.15) is 5.28 Å². The van der Waals surface area contributed by atoms with Crippen LogP contribution in [0.1, 0.15) is 13.3 Å². The van der Waals surface area contributed by atoms with E-state index >= 15 is 0 Å². The quantitative estimate of drug-likeness (QED) is 0.278. The molecule has 0 aliphatic rings. The van der Waals surface area contributed by atoms with Crippen LogP contribution >= 0.6 is 7.60 Å². The molecule has 11 heavy (non-hydrogen) atoms. The van der Waals surface area contributed by atoms with E-state index in [1.54, 1.807) is 0 Å². The summed E-state index contributed by atoms with van der Waals surface area (Å²) in [7, 11) is -9.27. The fourth-order valence-corrected chi connectivity index (χ4v) is 3.57. The molecule has 0 saturated carbocycles. The van der Waals surface area contributed by atoms with Gasteiger partial charge >= 0.3 is 16.4 Å². The van der Waals surface area contributed by atoms with E-state index in [0.29, 0.717) is 0 Å². The molecule has 0 saturated heterocycles. The highest BCUT2D eigenvalue weighted by Gasteiger charge is 2.48. The molecule has 0 aromatic heterocycles. The first-order valence-electron chi connectivity index (χ1n) is 2.92. The molecule has 6 nitrogen and oxygen atoms in total. The van der Waals surface area contributed by atoms with Crippen LogP contribution in [0.2, 0.25) is 0 Å². The number of rotatable bonds is 3. The third kappa shape index (κ3) is 3.43. The van der Waals surface area contributed by atoms with Crippen molar-refractivity contribution in [2.75, 3.05) is 0 Å². The normalized spacial score (nSPS) is 16.5. The summed E-state index contributed by atoms with van der Waals surface area (Å²) in [6, 6.07) is 0. The van der Waals surface area contributed by atoms with Crippen molar-refractivity contribution in [3.63, 3.8) is 0 Å². The Bertz CT molecular complexity index is 169. The van der Waals surface area contributed by atoms with E-state index in [0.717, 1.165) is 0 Å². The van der Waals surface area contributed by atoms with Gasteiger partial charge in [0, 0.05) is 0 Å². The van der Waals surface area contributed by atoms with Crippen LogP contribution in [0.5, 0.6) is 0 Å². The summed E-state index contributed by atoms with van der Waals surface area (Å²) in [6.45, 7) is 1.36. The van der Waals surface area contributed by atoms with Crippen LogP contribution < -0.4 is 0 Å². The van der Waals surface area contributed by atoms with Gasteiger partial charge in [0.05, 0.1) is 0 Å². The van der Waals surface area contributed by atoms with Crippen molar-refractivity contribution >= 4 is 16.4 Å². The van der Waals surface area contributed by atoms with Crippen LogP contribution in [0, 0.1) is 0 Å². The third-order valence-corrected chi connectivity index (χ3v) is 5.77. The molecule has 0 heterocycles.